The molecule has 0 unspecified atom stereocenters. The highest BCUT2D eigenvalue weighted by molar-refractivity contribution is 5.93. The number of aliphatic carboxylic acids is 1. The number of H-pyrrole nitrogens is 1. The highest BCUT2D eigenvalue weighted by Crippen LogP contribution is 2.38. The number of halogens is 1. The number of rotatable bonds is 11. The molecular formula is C35H36FN7O7. The molecule has 1 aliphatic carbocycles. The van der Waals surface area contributed by atoms with Gasteiger partial charge in [-0.25, -0.2) is 19.0 Å². The molecule has 2 fully saturated rings. The average molecular weight is 686 g/mol. The van der Waals surface area contributed by atoms with E-state index in [0.29, 0.717) is 67.8 Å². The number of nitrogens with one attached hydrogen (secondary N) is 1. The van der Waals surface area contributed by atoms with Gasteiger partial charge in [-0.15, -0.1) is 0 Å². The maximum absolute atomic E-state index is 15.6. The van der Waals surface area contributed by atoms with Gasteiger partial charge in [0.25, 0.3) is 5.56 Å². The van der Waals surface area contributed by atoms with Crippen molar-refractivity contribution < 1.29 is 24.2 Å². The van der Waals surface area contributed by atoms with Crippen LogP contribution in [0.15, 0.2) is 44.8 Å². The monoisotopic (exact) mass is 685 g/mol. The first kappa shape index (κ1) is 32.9. The van der Waals surface area contributed by atoms with Crippen molar-refractivity contribution in [1.82, 2.24) is 24.1 Å². The van der Waals surface area contributed by atoms with Crippen molar-refractivity contribution in [1.29, 1.82) is 0 Å². The second-order valence-corrected chi connectivity index (χ2v) is 13.1. The fraction of sp³-hybridized carbons (Fsp3) is 0.400. The van der Waals surface area contributed by atoms with Crippen LogP contribution in [0.5, 0.6) is 0 Å². The third-order valence-corrected chi connectivity index (χ3v) is 9.68. The normalized spacial score (nSPS) is 15.0. The molecule has 1 aromatic heterocycles. The van der Waals surface area contributed by atoms with E-state index in [9.17, 15) is 29.1 Å². The first-order chi connectivity index (χ1) is 24.0. The molecular weight excluding hydrogens is 649 g/mol. The van der Waals surface area contributed by atoms with Crippen molar-refractivity contribution >= 4 is 45.2 Å². The Balaban J connectivity index is 1.18. The number of benzene rings is 2. The molecule has 0 spiro atoms. The number of carboxylic acids is 2. The Hall–Kier alpha value is -5.60. The van der Waals surface area contributed by atoms with Gasteiger partial charge in [-0.3, -0.25) is 19.4 Å². The number of hydrogen-bond donors (Lipinski definition) is 3. The quantitative estimate of drug-likeness (QED) is 0.136. The van der Waals surface area contributed by atoms with E-state index in [1.165, 1.54) is 6.20 Å². The largest absolute Gasteiger partial charge is 0.481 e. The lowest BCUT2D eigenvalue weighted by molar-refractivity contribution is -0.137. The zero-order valence-electron chi connectivity index (χ0n) is 27.4. The minimum absolute atomic E-state index is 0.0544. The van der Waals surface area contributed by atoms with Gasteiger partial charge in [-0.05, 0) is 62.4 Å². The first-order valence-corrected chi connectivity index (χ1v) is 16.8. The molecule has 4 heterocycles. The van der Waals surface area contributed by atoms with Crippen molar-refractivity contribution in [2.24, 2.45) is 0 Å². The summed E-state index contributed by atoms with van der Waals surface area (Å²) in [4.78, 5) is 75.6. The molecule has 0 bridgehead atoms. The number of hydrogen-bond acceptors (Lipinski definition) is 9. The molecule has 260 valence electrons. The summed E-state index contributed by atoms with van der Waals surface area (Å²) in [5.74, 6) is -2.57. The van der Waals surface area contributed by atoms with Crippen LogP contribution < -0.4 is 26.5 Å². The number of aryl methyl sites for hydroxylation is 2. The van der Waals surface area contributed by atoms with Gasteiger partial charge in [-0.2, -0.15) is 4.98 Å². The summed E-state index contributed by atoms with van der Waals surface area (Å²) in [6, 6.07) is 6.77. The second kappa shape index (κ2) is 13.0. The third-order valence-electron chi connectivity index (χ3n) is 9.68. The van der Waals surface area contributed by atoms with E-state index >= 15 is 4.39 Å². The lowest BCUT2D eigenvalue weighted by Crippen LogP contribution is -2.47. The van der Waals surface area contributed by atoms with Crippen molar-refractivity contribution in [2.45, 2.75) is 64.5 Å². The van der Waals surface area contributed by atoms with Crippen molar-refractivity contribution in [3.05, 3.63) is 78.5 Å². The van der Waals surface area contributed by atoms with Gasteiger partial charge in [0.15, 0.2) is 11.5 Å². The number of fused-ring (bicyclic) bond motifs is 3. The van der Waals surface area contributed by atoms with E-state index < -0.39 is 34.4 Å². The van der Waals surface area contributed by atoms with Crippen LogP contribution in [0.25, 0.3) is 33.5 Å². The molecule has 3 aromatic rings. The SMILES string of the molecule is Cc1cc2nc3c(=O)[nH]c(=O)nc-3n(CCCCCCC(=O)O)c2cc1N1CCN(c2cc3c(cc2F)c(=O)c(C(=O)O)cn3C2CC2)CC1. The Morgan fingerprint density at radius 3 is 2.26 bits per heavy atom. The lowest BCUT2D eigenvalue weighted by atomic mass is 10.1. The van der Waals surface area contributed by atoms with Crippen LogP contribution in [0.3, 0.4) is 0 Å². The van der Waals surface area contributed by atoms with Gasteiger partial charge < -0.3 is 29.1 Å². The van der Waals surface area contributed by atoms with Crippen molar-refractivity contribution in [3.63, 3.8) is 0 Å². The summed E-state index contributed by atoms with van der Waals surface area (Å²) in [6.45, 7) is 4.44. The molecule has 4 aliphatic rings. The maximum Gasteiger partial charge on any atom is 0.349 e. The van der Waals surface area contributed by atoms with Gasteiger partial charge >= 0.3 is 17.6 Å². The Kier molecular flexibility index (Phi) is 8.58. The summed E-state index contributed by atoms with van der Waals surface area (Å²) in [6.07, 6.45) is 5.90. The third kappa shape index (κ3) is 6.18. The van der Waals surface area contributed by atoms with Crippen LogP contribution in [-0.2, 0) is 11.3 Å². The lowest BCUT2D eigenvalue weighted by Gasteiger charge is -2.38. The second-order valence-electron chi connectivity index (χ2n) is 13.1. The van der Waals surface area contributed by atoms with E-state index in [-0.39, 0.29) is 34.9 Å². The van der Waals surface area contributed by atoms with Gasteiger partial charge in [-0.1, -0.05) is 12.8 Å². The Bertz CT molecular complexity index is 2320. The number of carbonyl (C=O) groups is 2. The van der Waals surface area contributed by atoms with E-state index in [1.54, 1.807) is 10.6 Å². The van der Waals surface area contributed by atoms with Crippen LogP contribution in [-0.4, -0.2) is 72.4 Å². The molecule has 0 atom stereocenters. The number of nitrogens with zero attached hydrogens (tertiary/aromatic N) is 6. The molecule has 1 saturated heterocycles. The van der Waals surface area contributed by atoms with E-state index in [1.807, 2.05) is 28.5 Å². The summed E-state index contributed by atoms with van der Waals surface area (Å²) in [5, 5.41) is 18.6. The summed E-state index contributed by atoms with van der Waals surface area (Å²) < 4.78 is 19.2. The molecule has 0 radical (unpaired) electrons. The number of aromatic amines is 1. The summed E-state index contributed by atoms with van der Waals surface area (Å²) >= 11 is 0. The Morgan fingerprint density at radius 1 is 0.900 bits per heavy atom. The van der Waals surface area contributed by atoms with E-state index in [2.05, 4.69) is 19.9 Å². The zero-order valence-corrected chi connectivity index (χ0v) is 27.4. The van der Waals surface area contributed by atoms with Gasteiger partial charge in [0.1, 0.15) is 11.4 Å². The number of anilines is 2. The molecule has 14 nitrogen and oxygen atoms in total. The number of carboxylic acid groups (broad SMARTS) is 2. The topological polar surface area (TPSA) is 184 Å². The van der Waals surface area contributed by atoms with E-state index in [0.717, 1.165) is 43.0 Å². The van der Waals surface area contributed by atoms with E-state index in [4.69, 9.17) is 5.11 Å². The average Bonchev–Trinajstić information content (AvgIpc) is 3.92. The fourth-order valence-corrected chi connectivity index (χ4v) is 7.00. The number of unbranched alkanes of at least 4 members (excludes halogenated alkanes) is 3. The van der Waals surface area contributed by atoms with Gasteiger partial charge in [0.05, 0.1) is 22.2 Å². The molecule has 0 amide bonds. The summed E-state index contributed by atoms with van der Waals surface area (Å²) in [5.41, 5.74) is 1.59. The molecule has 50 heavy (non-hydrogen) atoms. The molecule has 3 N–H and O–H groups in total. The molecule has 3 aliphatic heterocycles. The van der Waals surface area contributed by atoms with Gasteiger partial charge in [0, 0.05) is 62.5 Å². The predicted octanol–water partition coefficient (Wildman–Crippen LogP) is 3.74. The number of aromatic carboxylic acids is 1. The first-order valence-electron chi connectivity index (χ1n) is 16.8. The van der Waals surface area contributed by atoms with Crippen LogP contribution in [0.2, 0.25) is 0 Å². The maximum atomic E-state index is 15.6. The molecule has 1 saturated carbocycles. The highest BCUT2D eigenvalue weighted by Gasteiger charge is 2.29. The van der Waals surface area contributed by atoms with Crippen LogP contribution in [0.4, 0.5) is 15.8 Å². The van der Waals surface area contributed by atoms with Crippen LogP contribution >= 0.6 is 0 Å². The number of aromatic nitrogens is 5. The predicted molar refractivity (Wildman–Crippen MR) is 184 cm³/mol. The minimum atomic E-state index is -1.33. The Labute approximate surface area is 283 Å². The number of pyridine rings is 1. The fourth-order valence-electron chi connectivity index (χ4n) is 7.00. The van der Waals surface area contributed by atoms with Crippen LogP contribution in [0, 0.1) is 12.7 Å². The van der Waals surface area contributed by atoms with Crippen molar-refractivity contribution in [2.75, 3.05) is 36.0 Å². The van der Waals surface area contributed by atoms with Crippen molar-refractivity contribution in [3.8, 4) is 11.5 Å². The van der Waals surface area contributed by atoms with Gasteiger partial charge in [0.2, 0.25) is 5.43 Å². The summed E-state index contributed by atoms with van der Waals surface area (Å²) in [7, 11) is 0. The standard InChI is InChI=1S/C35H36FN7O7/c1-19-14-24-28(42(9-5-3-2-4-6-29(44)45)32-30(37-24)33(47)39-35(50)38-32)16-25(19)40-10-12-41(13-11-40)27-17-26-21(15-23(27)36)31(46)22(34(48)49)18-43(26)20-7-8-20/h14-18,20H,2-13H2,1H3,(H,44,45)(H,48,49)(H,39,47,50). The molecule has 15 heteroatoms. The molecule has 7 rings (SSSR count). The number of piperazine rings is 1. The highest BCUT2D eigenvalue weighted by atomic mass is 19.1. The smallest absolute Gasteiger partial charge is 0.349 e. The Morgan fingerprint density at radius 2 is 1.58 bits per heavy atom. The van der Waals surface area contributed by atoms with Crippen LogP contribution in [0.1, 0.15) is 66.9 Å². The molecule has 2 aromatic carbocycles. The minimum Gasteiger partial charge on any atom is -0.481 e. The zero-order chi connectivity index (χ0) is 35.3.